The smallest absolute Gasteiger partial charge is 0.309 e. The van der Waals surface area contributed by atoms with Gasteiger partial charge in [-0.05, 0) is 36.3 Å². The van der Waals surface area contributed by atoms with Gasteiger partial charge in [0.25, 0.3) is 0 Å². The van der Waals surface area contributed by atoms with Crippen LogP contribution in [-0.2, 0) is 16.1 Å². The van der Waals surface area contributed by atoms with E-state index >= 15 is 0 Å². The molecule has 130 valence electrons. The van der Waals surface area contributed by atoms with Gasteiger partial charge in [-0.2, -0.15) is 0 Å². The second kappa shape index (κ2) is 7.53. The lowest BCUT2D eigenvalue weighted by Gasteiger charge is -2.31. The Kier molecular flexibility index (Phi) is 5.19. The summed E-state index contributed by atoms with van der Waals surface area (Å²) >= 11 is 0. The monoisotopic (exact) mass is 338 g/mol. The molecule has 0 aromatic heterocycles. The Morgan fingerprint density at radius 2 is 2.04 bits per heavy atom. The van der Waals surface area contributed by atoms with Gasteiger partial charge in [0.05, 0.1) is 12.0 Å². The van der Waals surface area contributed by atoms with Crippen molar-refractivity contribution in [2.45, 2.75) is 38.1 Å². The van der Waals surface area contributed by atoms with Gasteiger partial charge in [0, 0.05) is 6.42 Å². The minimum absolute atomic E-state index is 0.0418. The zero-order valence-electron chi connectivity index (χ0n) is 14.2. The van der Waals surface area contributed by atoms with Crippen LogP contribution in [0.2, 0.25) is 0 Å². The van der Waals surface area contributed by atoms with E-state index in [-0.39, 0.29) is 12.4 Å². The van der Waals surface area contributed by atoms with Gasteiger partial charge in [-0.15, -0.1) is 0 Å². The van der Waals surface area contributed by atoms with Crippen molar-refractivity contribution in [3.8, 4) is 5.75 Å². The molecule has 1 fully saturated rings. The average Bonchev–Trinajstić information content (AvgIpc) is 2.58. The fourth-order valence-corrected chi connectivity index (χ4v) is 2.84. The lowest BCUT2D eigenvalue weighted by molar-refractivity contribution is -0.163. The molecule has 0 aliphatic carbocycles. The molecule has 3 rings (SSSR count). The van der Waals surface area contributed by atoms with Gasteiger partial charge in [-0.1, -0.05) is 48.5 Å². The SMILES string of the molecule is CC1(O)CC(=O)OC(/C=C/c2cccc(OCc3ccccc3)c2)C1. The third-order valence-corrected chi connectivity index (χ3v) is 4.06. The number of cyclic esters (lactones) is 1. The fourth-order valence-electron chi connectivity index (χ4n) is 2.84. The van der Waals surface area contributed by atoms with Gasteiger partial charge in [-0.25, -0.2) is 0 Å². The summed E-state index contributed by atoms with van der Waals surface area (Å²) in [6.07, 6.45) is 3.72. The molecule has 0 spiro atoms. The highest BCUT2D eigenvalue weighted by Gasteiger charge is 2.34. The average molecular weight is 338 g/mol. The highest BCUT2D eigenvalue weighted by Crippen LogP contribution is 2.26. The minimum atomic E-state index is -1.01. The van der Waals surface area contributed by atoms with E-state index in [2.05, 4.69) is 0 Å². The number of carbonyl (C=O) groups excluding carboxylic acids is 1. The number of benzene rings is 2. The quantitative estimate of drug-likeness (QED) is 0.844. The van der Waals surface area contributed by atoms with Gasteiger partial charge in [-0.3, -0.25) is 4.79 Å². The van der Waals surface area contributed by atoms with Crippen molar-refractivity contribution in [2.24, 2.45) is 0 Å². The normalized spacial score (nSPS) is 23.4. The maximum Gasteiger partial charge on any atom is 0.309 e. The van der Waals surface area contributed by atoms with E-state index in [0.29, 0.717) is 13.0 Å². The topological polar surface area (TPSA) is 55.8 Å². The molecule has 4 nitrogen and oxygen atoms in total. The van der Waals surface area contributed by atoms with Crippen LogP contribution < -0.4 is 4.74 Å². The Morgan fingerprint density at radius 3 is 2.80 bits per heavy atom. The van der Waals surface area contributed by atoms with Crippen LogP contribution >= 0.6 is 0 Å². The van der Waals surface area contributed by atoms with Crippen LogP contribution in [0.1, 0.15) is 30.9 Å². The standard InChI is InChI=1S/C21H22O4/c1-21(23)13-19(25-20(22)14-21)11-10-16-8-5-9-18(12-16)24-15-17-6-3-2-4-7-17/h2-12,19,23H,13-15H2,1H3/b11-10+. The molecule has 0 bridgehead atoms. The van der Waals surface area contributed by atoms with Crippen LogP contribution in [0.5, 0.6) is 5.75 Å². The summed E-state index contributed by atoms with van der Waals surface area (Å²) in [4.78, 5) is 11.5. The molecule has 1 N–H and O–H groups in total. The number of aliphatic hydroxyl groups is 1. The Balaban J connectivity index is 1.62. The second-order valence-corrected chi connectivity index (χ2v) is 6.61. The van der Waals surface area contributed by atoms with E-state index in [1.54, 1.807) is 6.92 Å². The van der Waals surface area contributed by atoms with Crippen LogP contribution in [-0.4, -0.2) is 22.8 Å². The lowest BCUT2D eigenvalue weighted by atomic mass is 9.92. The zero-order valence-corrected chi connectivity index (χ0v) is 14.2. The molecular weight excluding hydrogens is 316 g/mol. The summed E-state index contributed by atoms with van der Waals surface area (Å²) < 4.78 is 11.1. The van der Waals surface area contributed by atoms with Gasteiger partial charge in [0.2, 0.25) is 0 Å². The molecule has 0 amide bonds. The van der Waals surface area contributed by atoms with Crippen molar-refractivity contribution in [2.75, 3.05) is 0 Å². The molecule has 2 aromatic carbocycles. The molecule has 2 aromatic rings. The molecule has 1 aliphatic rings. The Hall–Kier alpha value is -2.59. The van der Waals surface area contributed by atoms with Crippen LogP contribution in [0.3, 0.4) is 0 Å². The molecule has 2 unspecified atom stereocenters. The molecule has 25 heavy (non-hydrogen) atoms. The summed E-state index contributed by atoms with van der Waals surface area (Å²) in [7, 11) is 0. The van der Waals surface area contributed by atoms with Crippen LogP contribution in [0.15, 0.2) is 60.7 Å². The number of esters is 1. The van der Waals surface area contributed by atoms with E-state index in [0.717, 1.165) is 16.9 Å². The highest BCUT2D eigenvalue weighted by atomic mass is 16.5. The van der Waals surface area contributed by atoms with E-state index < -0.39 is 11.7 Å². The maximum absolute atomic E-state index is 11.5. The van der Waals surface area contributed by atoms with Crippen molar-refractivity contribution in [3.05, 3.63) is 71.8 Å². The van der Waals surface area contributed by atoms with Gasteiger partial charge >= 0.3 is 5.97 Å². The predicted octanol–water partition coefficient (Wildman–Crippen LogP) is 3.74. The molecule has 1 heterocycles. The predicted molar refractivity (Wildman–Crippen MR) is 96.0 cm³/mol. The summed E-state index contributed by atoms with van der Waals surface area (Å²) in [5, 5.41) is 10.1. The van der Waals surface area contributed by atoms with Gasteiger partial charge in [0.1, 0.15) is 18.5 Å². The minimum Gasteiger partial charge on any atom is -0.489 e. The van der Waals surface area contributed by atoms with E-state index in [4.69, 9.17) is 9.47 Å². The number of rotatable bonds is 5. The van der Waals surface area contributed by atoms with Crippen molar-refractivity contribution in [1.82, 2.24) is 0 Å². The first-order chi connectivity index (χ1) is 12.0. The van der Waals surface area contributed by atoms with Crippen molar-refractivity contribution >= 4 is 12.0 Å². The molecule has 0 radical (unpaired) electrons. The zero-order chi connectivity index (χ0) is 17.7. The number of hydrogen-bond acceptors (Lipinski definition) is 4. The number of hydrogen-bond donors (Lipinski definition) is 1. The number of carbonyl (C=O) groups is 1. The first-order valence-corrected chi connectivity index (χ1v) is 8.37. The van der Waals surface area contributed by atoms with Crippen LogP contribution in [0.4, 0.5) is 0 Å². The van der Waals surface area contributed by atoms with E-state index in [1.165, 1.54) is 0 Å². The third-order valence-electron chi connectivity index (χ3n) is 4.06. The summed E-state index contributed by atoms with van der Waals surface area (Å²) in [5.41, 5.74) is 1.05. The summed E-state index contributed by atoms with van der Waals surface area (Å²) in [5.74, 6) is 0.407. The first kappa shape index (κ1) is 17.2. The highest BCUT2D eigenvalue weighted by molar-refractivity contribution is 5.72. The van der Waals surface area contributed by atoms with Gasteiger partial charge in [0.15, 0.2) is 0 Å². The number of ether oxygens (including phenoxy) is 2. The van der Waals surface area contributed by atoms with Crippen molar-refractivity contribution in [3.63, 3.8) is 0 Å². The lowest BCUT2D eigenvalue weighted by Crippen LogP contribution is -2.40. The van der Waals surface area contributed by atoms with Crippen molar-refractivity contribution in [1.29, 1.82) is 0 Å². The second-order valence-electron chi connectivity index (χ2n) is 6.61. The van der Waals surface area contributed by atoms with E-state index in [1.807, 2.05) is 66.7 Å². The molecule has 4 heteroatoms. The Morgan fingerprint density at radius 1 is 1.24 bits per heavy atom. The largest absolute Gasteiger partial charge is 0.489 e. The fraction of sp³-hybridized carbons (Fsp3) is 0.286. The molecule has 2 atom stereocenters. The molecular formula is C21H22O4. The summed E-state index contributed by atoms with van der Waals surface area (Å²) in [6, 6.07) is 17.7. The molecule has 0 saturated carbocycles. The molecule has 1 saturated heterocycles. The Bertz CT molecular complexity index is 750. The van der Waals surface area contributed by atoms with Crippen LogP contribution in [0.25, 0.3) is 6.08 Å². The Labute approximate surface area is 147 Å². The van der Waals surface area contributed by atoms with Gasteiger partial charge < -0.3 is 14.6 Å². The summed E-state index contributed by atoms with van der Waals surface area (Å²) in [6.45, 7) is 2.17. The molecule has 1 aliphatic heterocycles. The van der Waals surface area contributed by atoms with E-state index in [9.17, 15) is 9.90 Å². The third kappa shape index (κ3) is 5.19. The first-order valence-electron chi connectivity index (χ1n) is 8.37. The van der Waals surface area contributed by atoms with Crippen LogP contribution in [0, 0.1) is 0 Å². The maximum atomic E-state index is 11.5. The van der Waals surface area contributed by atoms with Crippen molar-refractivity contribution < 1.29 is 19.4 Å².